The maximum Gasteiger partial charge on any atom is 0.407 e. The van der Waals surface area contributed by atoms with Crippen molar-refractivity contribution in [3.8, 4) is 0 Å². The molecule has 2 rings (SSSR count). The molecule has 0 aromatic heterocycles. The zero-order valence-corrected chi connectivity index (χ0v) is 17.1. The van der Waals surface area contributed by atoms with Crippen LogP contribution in [0.2, 0.25) is 0 Å². The highest BCUT2D eigenvalue weighted by Crippen LogP contribution is 2.28. The summed E-state index contributed by atoms with van der Waals surface area (Å²) in [7, 11) is 0. The molecular weight excluding hydrogens is 392 g/mol. The van der Waals surface area contributed by atoms with Crippen LogP contribution in [-0.4, -0.2) is 60.6 Å². The lowest BCUT2D eigenvalue weighted by Gasteiger charge is -2.41. The fraction of sp³-hybridized carbons (Fsp3) is 0.650. The van der Waals surface area contributed by atoms with Crippen LogP contribution in [-0.2, 0) is 20.8 Å². The van der Waals surface area contributed by atoms with E-state index in [9.17, 15) is 15.0 Å². The number of amides is 1. The Labute approximate surface area is 175 Å². The second-order valence-electron chi connectivity index (χ2n) is 7.19. The number of carbonyl (C=O) groups excluding carboxylic acids is 1. The maximum absolute atomic E-state index is 11.7. The Bertz CT molecular complexity index is 685. The van der Waals surface area contributed by atoms with Gasteiger partial charge in [0.2, 0.25) is 0 Å². The maximum atomic E-state index is 11.7. The van der Waals surface area contributed by atoms with Crippen LogP contribution in [0.1, 0.15) is 31.7 Å². The monoisotopic (exact) mass is 422 g/mol. The van der Waals surface area contributed by atoms with Crippen molar-refractivity contribution in [3.05, 3.63) is 46.3 Å². The quantitative estimate of drug-likeness (QED) is 0.216. The van der Waals surface area contributed by atoms with Gasteiger partial charge >= 0.3 is 6.09 Å². The molecule has 30 heavy (non-hydrogen) atoms. The number of rotatable bonds is 11. The van der Waals surface area contributed by atoms with Crippen molar-refractivity contribution in [2.24, 2.45) is 11.0 Å². The molecule has 10 nitrogen and oxygen atoms in total. The lowest BCUT2D eigenvalue weighted by molar-refractivity contribution is -0.249. The summed E-state index contributed by atoms with van der Waals surface area (Å²) in [6, 6.07) is 8.58. The standard InChI is InChI=1S/C20H30N4O6/c1-14-16(12-25)30-19(17(18(14)26)23-24-21)28-11-7-3-6-10-22-20(27)29-13-15-8-4-2-5-9-15/h2,4-5,8-9,14,16-19,25-26H,3,6-7,10-13H2,1H3,(H,22,27)/t14-,16?,17?,18-,19-/m0/s1. The number of unbranched alkanes of at least 4 members (excludes halogenated alkanes) is 2. The van der Waals surface area contributed by atoms with E-state index >= 15 is 0 Å². The van der Waals surface area contributed by atoms with E-state index < -0.39 is 30.6 Å². The first-order valence-electron chi connectivity index (χ1n) is 10.1. The summed E-state index contributed by atoms with van der Waals surface area (Å²) in [6.07, 6.45) is -0.673. The summed E-state index contributed by atoms with van der Waals surface area (Å²) in [5, 5.41) is 26.0. The van der Waals surface area contributed by atoms with Crippen LogP contribution < -0.4 is 5.32 Å². The van der Waals surface area contributed by atoms with Gasteiger partial charge in [-0.25, -0.2) is 4.79 Å². The van der Waals surface area contributed by atoms with Gasteiger partial charge in [-0.3, -0.25) is 0 Å². The highest BCUT2D eigenvalue weighted by atomic mass is 16.7. The van der Waals surface area contributed by atoms with Crippen molar-refractivity contribution < 1.29 is 29.2 Å². The topological polar surface area (TPSA) is 146 Å². The molecule has 1 aliphatic rings. The normalized spacial score (nSPS) is 25.9. The number of alkyl carbamates (subject to hydrolysis) is 1. The van der Waals surface area contributed by atoms with Crippen LogP contribution in [0.3, 0.4) is 0 Å². The van der Waals surface area contributed by atoms with Crippen LogP contribution in [0, 0.1) is 5.92 Å². The van der Waals surface area contributed by atoms with Gasteiger partial charge in [-0.2, -0.15) is 0 Å². The van der Waals surface area contributed by atoms with Gasteiger partial charge in [0, 0.05) is 24.0 Å². The molecule has 1 heterocycles. The highest BCUT2D eigenvalue weighted by Gasteiger charge is 2.42. The Hall–Kier alpha value is -2.36. The number of aliphatic hydroxyl groups is 2. The van der Waals surface area contributed by atoms with E-state index in [0.717, 1.165) is 18.4 Å². The van der Waals surface area contributed by atoms with Gasteiger partial charge in [-0.05, 0) is 30.4 Å². The Kier molecular flexibility index (Phi) is 10.4. The molecule has 2 unspecified atom stereocenters. The third-order valence-electron chi connectivity index (χ3n) is 5.01. The number of benzene rings is 1. The van der Waals surface area contributed by atoms with Gasteiger partial charge in [0.25, 0.3) is 0 Å². The number of hydrogen-bond acceptors (Lipinski definition) is 7. The van der Waals surface area contributed by atoms with Crippen LogP contribution in [0.15, 0.2) is 35.4 Å². The molecule has 166 valence electrons. The zero-order chi connectivity index (χ0) is 21.8. The Balaban J connectivity index is 1.59. The molecule has 0 spiro atoms. The van der Waals surface area contributed by atoms with Crippen molar-refractivity contribution in [2.45, 2.75) is 57.3 Å². The fourth-order valence-corrected chi connectivity index (χ4v) is 3.17. The first-order valence-corrected chi connectivity index (χ1v) is 10.1. The molecule has 1 aliphatic heterocycles. The predicted molar refractivity (Wildman–Crippen MR) is 108 cm³/mol. The molecule has 0 radical (unpaired) electrons. The number of aliphatic hydroxyl groups excluding tert-OH is 2. The largest absolute Gasteiger partial charge is 0.445 e. The number of nitrogens with zero attached hydrogens (tertiary/aromatic N) is 3. The molecular formula is C20H30N4O6. The minimum Gasteiger partial charge on any atom is -0.445 e. The number of ether oxygens (including phenoxy) is 3. The van der Waals surface area contributed by atoms with Gasteiger partial charge < -0.3 is 29.7 Å². The molecule has 1 saturated heterocycles. The second-order valence-corrected chi connectivity index (χ2v) is 7.19. The van der Waals surface area contributed by atoms with E-state index in [1.807, 2.05) is 30.3 Å². The van der Waals surface area contributed by atoms with E-state index in [2.05, 4.69) is 15.3 Å². The van der Waals surface area contributed by atoms with Crippen molar-refractivity contribution in [1.82, 2.24) is 5.32 Å². The van der Waals surface area contributed by atoms with E-state index in [1.165, 1.54) is 0 Å². The average molecular weight is 422 g/mol. The number of nitrogens with one attached hydrogen (secondary N) is 1. The van der Waals surface area contributed by atoms with E-state index in [1.54, 1.807) is 6.92 Å². The SMILES string of the molecule is C[C@H]1C(CO)O[C@H](OCCCCCNC(=O)OCc2ccccc2)C(N=[N+]=[N-])[C@H]1O. The summed E-state index contributed by atoms with van der Waals surface area (Å²) in [5.74, 6) is -0.377. The second kappa shape index (κ2) is 13.0. The van der Waals surface area contributed by atoms with Crippen molar-refractivity contribution in [1.29, 1.82) is 0 Å². The molecule has 0 aliphatic carbocycles. The molecule has 0 bridgehead atoms. The first kappa shape index (κ1) is 23.9. The van der Waals surface area contributed by atoms with Crippen molar-refractivity contribution in [3.63, 3.8) is 0 Å². The van der Waals surface area contributed by atoms with E-state index in [0.29, 0.717) is 19.6 Å². The summed E-state index contributed by atoms with van der Waals surface area (Å²) in [4.78, 5) is 14.4. The molecule has 10 heteroatoms. The molecule has 3 N–H and O–H groups in total. The Morgan fingerprint density at radius 1 is 1.30 bits per heavy atom. The Morgan fingerprint density at radius 3 is 2.77 bits per heavy atom. The number of hydrogen-bond donors (Lipinski definition) is 3. The van der Waals surface area contributed by atoms with Gasteiger partial charge in [-0.15, -0.1) is 0 Å². The van der Waals surface area contributed by atoms with E-state index in [4.69, 9.17) is 19.7 Å². The number of azide groups is 1. The minimum absolute atomic E-state index is 0.230. The minimum atomic E-state index is -0.956. The summed E-state index contributed by atoms with van der Waals surface area (Å²) >= 11 is 0. The molecule has 1 amide bonds. The fourth-order valence-electron chi connectivity index (χ4n) is 3.17. The van der Waals surface area contributed by atoms with Gasteiger partial charge in [0.1, 0.15) is 12.6 Å². The smallest absolute Gasteiger partial charge is 0.407 e. The van der Waals surface area contributed by atoms with Gasteiger partial charge in [-0.1, -0.05) is 42.4 Å². The first-order chi connectivity index (χ1) is 14.6. The summed E-state index contributed by atoms with van der Waals surface area (Å²) in [5.41, 5.74) is 9.65. The molecule has 0 saturated carbocycles. The third-order valence-corrected chi connectivity index (χ3v) is 5.01. The Morgan fingerprint density at radius 2 is 2.07 bits per heavy atom. The molecule has 1 aromatic rings. The van der Waals surface area contributed by atoms with Crippen molar-refractivity contribution in [2.75, 3.05) is 19.8 Å². The van der Waals surface area contributed by atoms with Crippen molar-refractivity contribution >= 4 is 6.09 Å². The lowest BCUT2D eigenvalue weighted by Crippen LogP contribution is -2.54. The average Bonchev–Trinajstić information content (AvgIpc) is 2.76. The van der Waals surface area contributed by atoms with Crippen LogP contribution in [0.4, 0.5) is 4.79 Å². The van der Waals surface area contributed by atoms with Gasteiger partial charge in [0.15, 0.2) is 6.29 Å². The van der Waals surface area contributed by atoms with Crippen LogP contribution >= 0.6 is 0 Å². The zero-order valence-electron chi connectivity index (χ0n) is 17.1. The molecule has 1 fully saturated rings. The molecule has 1 aromatic carbocycles. The summed E-state index contributed by atoms with van der Waals surface area (Å²) in [6.45, 7) is 2.51. The molecule has 5 atom stereocenters. The number of carbonyl (C=O) groups is 1. The van der Waals surface area contributed by atoms with Crippen LogP contribution in [0.5, 0.6) is 0 Å². The van der Waals surface area contributed by atoms with Crippen LogP contribution in [0.25, 0.3) is 10.4 Å². The highest BCUT2D eigenvalue weighted by molar-refractivity contribution is 5.67. The third kappa shape index (κ3) is 7.47. The predicted octanol–water partition coefficient (Wildman–Crippen LogP) is 2.49. The summed E-state index contributed by atoms with van der Waals surface area (Å²) < 4.78 is 16.4. The van der Waals surface area contributed by atoms with Gasteiger partial charge in [0.05, 0.1) is 18.8 Å². The lowest BCUT2D eigenvalue weighted by atomic mass is 9.90. The van der Waals surface area contributed by atoms with E-state index in [-0.39, 0.29) is 19.1 Å².